The summed E-state index contributed by atoms with van der Waals surface area (Å²) >= 11 is 0. The van der Waals surface area contributed by atoms with Crippen LogP contribution in [0.1, 0.15) is 26.2 Å². The second-order valence-corrected chi connectivity index (χ2v) is 4.60. The number of rotatable bonds is 4. The lowest BCUT2D eigenvalue weighted by molar-refractivity contribution is 0.0512. The van der Waals surface area contributed by atoms with Crippen molar-refractivity contribution in [2.24, 2.45) is 11.8 Å². The number of hydrogen-bond donors (Lipinski definition) is 1. The summed E-state index contributed by atoms with van der Waals surface area (Å²) in [6.45, 7) is 8.80. The minimum atomic E-state index is 0.953. The van der Waals surface area contributed by atoms with Gasteiger partial charge in [-0.05, 0) is 57.3 Å². The standard InChI is InChI=1S/C11H22N2/c1-2-5-12-8-11-9-13-6-3-10(11)4-7-13/h10-12H,2-9H2,1H3. The highest BCUT2D eigenvalue weighted by atomic mass is 15.2. The van der Waals surface area contributed by atoms with Crippen molar-refractivity contribution in [1.29, 1.82) is 0 Å². The summed E-state index contributed by atoms with van der Waals surface area (Å²) < 4.78 is 0. The van der Waals surface area contributed by atoms with Crippen LogP contribution in [0.3, 0.4) is 0 Å². The first-order chi connectivity index (χ1) is 6.40. The van der Waals surface area contributed by atoms with E-state index < -0.39 is 0 Å². The molecule has 0 amide bonds. The summed E-state index contributed by atoms with van der Waals surface area (Å²) in [5.41, 5.74) is 0. The van der Waals surface area contributed by atoms with E-state index in [1.54, 1.807) is 0 Å². The predicted octanol–water partition coefficient (Wildman–Crippen LogP) is 1.33. The average Bonchev–Trinajstić information content (AvgIpc) is 2.20. The predicted molar refractivity (Wildman–Crippen MR) is 55.8 cm³/mol. The van der Waals surface area contributed by atoms with E-state index in [1.807, 2.05) is 0 Å². The molecule has 1 atom stereocenters. The van der Waals surface area contributed by atoms with Crippen molar-refractivity contribution in [1.82, 2.24) is 10.2 Å². The van der Waals surface area contributed by atoms with E-state index in [0.717, 1.165) is 11.8 Å². The second kappa shape index (κ2) is 4.43. The molecule has 0 aromatic heterocycles. The molecule has 3 aliphatic heterocycles. The third-order valence-electron chi connectivity index (χ3n) is 3.62. The van der Waals surface area contributed by atoms with E-state index in [4.69, 9.17) is 0 Å². The van der Waals surface area contributed by atoms with Crippen molar-refractivity contribution >= 4 is 0 Å². The van der Waals surface area contributed by atoms with E-state index in [-0.39, 0.29) is 0 Å². The lowest BCUT2D eigenvalue weighted by Gasteiger charge is -2.45. The molecule has 2 bridgehead atoms. The van der Waals surface area contributed by atoms with Gasteiger partial charge in [-0.25, -0.2) is 0 Å². The molecule has 3 rings (SSSR count). The van der Waals surface area contributed by atoms with Gasteiger partial charge in [0, 0.05) is 6.54 Å². The summed E-state index contributed by atoms with van der Waals surface area (Å²) in [4.78, 5) is 2.64. The molecule has 0 spiro atoms. The van der Waals surface area contributed by atoms with Gasteiger partial charge in [-0.3, -0.25) is 0 Å². The van der Waals surface area contributed by atoms with E-state index in [0.29, 0.717) is 0 Å². The fourth-order valence-electron chi connectivity index (χ4n) is 2.78. The third kappa shape index (κ3) is 2.23. The van der Waals surface area contributed by atoms with E-state index in [1.165, 1.54) is 52.0 Å². The van der Waals surface area contributed by atoms with Crippen molar-refractivity contribution in [3.63, 3.8) is 0 Å². The SMILES string of the molecule is CCCNCC1CN2CCC1CC2. The van der Waals surface area contributed by atoms with Crippen LogP contribution in [0.15, 0.2) is 0 Å². The molecule has 0 aromatic carbocycles. The Hall–Kier alpha value is -0.0800. The van der Waals surface area contributed by atoms with Crippen molar-refractivity contribution < 1.29 is 0 Å². The quantitative estimate of drug-likeness (QED) is 0.660. The van der Waals surface area contributed by atoms with Crippen LogP contribution < -0.4 is 5.32 Å². The normalized spacial score (nSPS) is 38.1. The number of piperidine rings is 3. The lowest BCUT2D eigenvalue weighted by Crippen LogP contribution is -2.50. The number of hydrogen-bond acceptors (Lipinski definition) is 2. The highest BCUT2D eigenvalue weighted by Gasteiger charge is 2.33. The smallest absolute Gasteiger partial charge is 0.00245 e. The van der Waals surface area contributed by atoms with Gasteiger partial charge in [-0.15, -0.1) is 0 Å². The molecule has 1 N–H and O–H groups in total. The molecule has 76 valence electrons. The van der Waals surface area contributed by atoms with E-state index in [2.05, 4.69) is 17.1 Å². The molecule has 2 heteroatoms. The Labute approximate surface area is 81.7 Å². The van der Waals surface area contributed by atoms with Gasteiger partial charge in [0.05, 0.1) is 0 Å². The fraction of sp³-hybridized carbons (Fsp3) is 1.00. The van der Waals surface area contributed by atoms with Crippen LogP contribution in [0.2, 0.25) is 0 Å². The number of nitrogens with zero attached hydrogens (tertiary/aromatic N) is 1. The van der Waals surface area contributed by atoms with Gasteiger partial charge >= 0.3 is 0 Å². The monoisotopic (exact) mass is 182 g/mol. The van der Waals surface area contributed by atoms with Crippen LogP contribution in [-0.4, -0.2) is 37.6 Å². The molecule has 13 heavy (non-hydrogen) atoms. The highest BCUT2D eigenvalue weighted by molar-refractivity contribution is 4.87. The zero-order valence-electron chi connectivity index (χ0n) is 8.76. The molecule has 3 heterocycles. The van der Waals surface area contributed by atoms with Gasteiger partial charge in [0.2, 0.25) is 0 Å². The maximum Gasteiger partial charge on any atom is 0.00245 e. The number of fused-ring (bicyclic) bond motifs is 3. The van der Waals surface area contributed by atoms with Crippen molar-refractivity contribution in [2.45, 2.75) is 26.2 Å². The van der Waals surface area contributed by atoms with Crippen LogP contribution >= 0.6 is 0 Å². The Balaban J connectivity index is 1.74. The first kappa shape index (κ1) is 9.47. The molecule has 3 fully saturated rings. The Morgan fingerprint density at radius 2 is 2.08 bits per heavy atom. The Morgan fingerprint density at radius 3 is 2.62 bits per heavy atom. The molecule has 2 nitrogen and oxygen atoms in total. The van der Waals surface area contributed by atoms with Gasteiger partial charge in [0.25, 0.3) is 0 Å². The minimum Gasteiger partial charge on any atom is -0.316 e. The Kier molecular flexibility index (Phi) is 3.23. The van der Waals surface area contributed by atoms with Crippen molar-refractivity contribution in [3.05, 3.63) is 0 Å². The van der Waals surface area contributed by atoms with Crippen LogP contribution in [0, 0.1) is 11.8 Å². The molecule has 3 aliphatic rings. The molecule has 0 saturated carbocycles. The van der Waals surface area contributed by atoms with E-state index in [9.17, 15) is 0 Å². The highest BCUT2D eigenvalue weighted by Crippen LogP contribution is 2.31. The molecule has 0 radical (unpaired) electrons. The summed E-state index contributed by atoms with van der Waals surface area (Å²) in [5.74, 6) is 1.99. The second-order valence-electron chi connectivity index (χ2n) is 4.60. The maximum absolute atomic E-state index is 3.56. The third-order valence-corrected chi connectivity index (χ3v) is 3.62. The van der Waals surface area contributed by atoms with Crippen LogP contribution in [0.4, 0.5) is 0 Å². The van der Waals surface area contributed by atoms with Gasteiger partial charge in [-0.1, -0.05) is 6.92 Å². The first-order valence-corrected chi connectivity index (χ1v) is 5.83. The molecular weight excluding hydrogens is 160 g/mol. The molecule has 3 saturated heterocycles. The van der Waals surface area contributed by atoms with Gasteiger partial charge in [0.15, 0.2) is 0 Å². The lowest BCUT2D eigenvalue weighted by atomic mass is 9.79. The summed E-state index contributed by atoms with van der Waals surface area (Å²) in [6, 6.07) is 0. The van der Waals surface area contributed by atoms with Crippen LogP contribution in [0.25, 0.3) is 0 Å². The van der Waals surface area contributed by atoms with Crippen molar-refractivity contribution in [3.8, 4) is 0 Å². The molecule has 1 unspecified atom stereocenters. The summed E-state index contributed by atoms with van der Waals surface area (Å²) in [5, 5.41) is 3.56. The maximum atomic E-state index is 3.56. The van der Waals surface area contributed by atoms with Gasteiger partial charge in [0.1, 0.15) is 0 Å². The molecular formula is C11H22N2. The summed E-state index contributed by atoms with van der Waals surface area (Å²) in [6.07, 6.45) is 4.18. The largest absolute Gasteiger partial charge is 0.316 e. The molecule has 0 aliphatic carbocycles. The molecule has 0 aromatic rings. The van der Waals surface area contributed by atoms with Crippen LogP contribution in [0.5, 0.6) is 0 Å². The first-order valence-electron chi connectivity index (χ1n) is 5.83. The van der Waals surface area contributed by atoms with Gasteiger partial charge < -0.3 is 10.2 Å². The average molecular weight is 182 g/mol. The fourth-order valence-corrected chi connectivity index (χ4v) is 2.78. The van der Waals surface area contributed by atoms with E-state index >= 15 is 0 Å². The Bertz CT molecular complexity index is 150. The summed E-state index contributed by atoms with van der Waals surface area (Å²) in [7, 11) is 0. The van der Waals surface area contributed by atoms with Crippen molar-refractivity contribution in [2.75, 3.05) is 32.7 Å². The zero-order chi connectivity index (χ0) is 9.10. The zero-order valence-corrected chi connectivity index (χ0v) is 8.76. The minimum absolute atomic E-state index is 0.953. The number of nitrogens with one attached hydrogen (secondary N) is 1. The topological polar surface area (TPSA) is 15.3 Å². The Morgan fingerprint density at radius 1 is 1.31 bits per heavy atom. The van der Waals surface area contributed by atoms with Gasteiger partial charge in [-0.2, -0.15) is 0 Å². The van der Waals surface area contributed by atoms with Crippen LogP contribution in [-0.2, 0) is 0 Å².